The van der Waals surface area contributed by atoms with E-state index in [0.717, 1.165) is 11.4 Å². The van der Waals surface area contributed by atoms with Gasteiger partial charge >= 0.3 is 0 Å². The molecule has 0 bridgehead atoms. The molecular formula is C56H47N3. The Kier molecular flexibility index (Phi) is 7.68. The van der Waals surface area contributed by atoms with Crippen molar-refractivity contribution in [2.24, 2.45) is 0 Å². The SMILES string of the molecule is CC(C)(C)c1ccc2c(c1)c1cc(-c3ccc4c5cc(C(C)(C)C)ccc5n(-c5ccc6c7ccccc7n(-c7ccccc7)c6c5)c4c3)ccc1n2-c1ccccc1. The van der Waals surface area contributed by atoms with Crippen LogP contribution >= 0.6 is 0 Å². The number of hydrogen-bond acceptors (Lipinski definition) is 0. The third-order valence-electron chi connectivity index (χ3n) is 12.5. The number of benzene rings is 8. The molecular weight excluding hydrogens is 715 g/mol. The fourth-order valence-corrected chi connectivity index (χ4v) is 9.42. The van der Waals surface area contributed by atoms with E-state index in [4.69, 9.17) is 0 Å². The molecule has 59 heavy (non-hydrogen) atoms. The molecule has 0 atom stereocenters. The maximum Gasteiger partial charge on any atom is 0.0561 e. The maximum absolute atomic E-state index is 2.49. The van der Waals surface area contributed by atoms with E-state index < -0.39 is 0 Å². The first kappa shape index (κ1) is 35.3. The Labute approximate surface area is 345 Å². The van der Waals surface area contributed by atoms with Crippen LogP contribution in [0, 0.1) is 0 Å². The average Bonchev–Trinajstić information content (AvgIpc) is 3.87. The first-order valence-electron chi connectivity index (χ1n) is 20.9. The molecule has 0 saturated carbocycles. The van der Waals surface area contributed by atoms with Gasteiger partial charge in [-0.3, -0.25) is 0 Å². The second-order valence-corrected chi connectivity index (χ2v) is 18.3. The number of hydrogen-bond donors (Lipinski definition) is 0. The van der Waals surface area contributed by atoms with Gasteiger partial charge in [0.15, 0.2) is 0 Å². The van der Waals surface area contributed by atoms with Crippen molar-refractivity contribution >= 4 is 65.4 Å². The van der Waals surface area contributed by atoms with E-state index in [1.807, 2.05) is 0 Å². The molecule has 0 saturated heterocycles. The van der Waals surface area contributed by atoms with Gasteiger partial charge < -0.3 is 13.7 Å². The van der Waals surface area contributed by atoms with E-state index >= 15 is 0 Å². The highest BCUT2D eigenvalue weighted by molar-refractivity contribution is 6.14. The van der Waals surface area contributed by atoms with Crippen molar-refractivity contribution in [2.75, 3.05) is 0 Å². The summed E-state index contributed by atoms with van der Waals surface area (Å²) in [5.74, 6) is 0. The second-order valence-electron chi connectivity index (χ2n) is 18.3. The largest absolute Gasteiger partial charge is 0.309 e. The quantitative estimate of drug-likeness (QED) is 0.170. The molecule has 0 amide bonds. The average molecular weight is 762 g/mol. The number of para-hydroxylation sites is 3. The van der Waals surface area contributed by atoms with Gasteiger partial charge in [-0.1, -0.05) is 133 Å². The van der Waals surface area contributed by atoms with Gasteiger partial charge in [0, 0.05) is 49.4 Å². The molecule has 3 aromatic heterocycles. The maximum atomic E-state index is 2.49. The Bertz CT molecular complexity index is 3430. The van der Waals surface area contributed by atoms with Gasteiger partial charge in [0.05, 0.1) is 33.1 Å². The third-order valence-corrected chi connectivity index (χ3v) is 12.5. The van der Waals surface area contributed by atoms with E-state index in [1.54, 1.807) is 0 Å². The smallest absolute Gasteiger partial charge is 0.0561 e. The standard InChI is InChI=1S/C56H47N3/c1-55(2,3)38-23-29-51-47(33-38)45-26-21-37(36-22-28-50-46(31-36)48-34-39(56(4,5)6)24-30-52(48)57(50)40-15-9-7-10-16-40)32-53(45)59(51)42-25-27-44-43-19-13-14-20-49(43)58(54(44)35-42)41-17-11-8-12-18-41/h7-35H,1-6H3. The summed E-state index contributed by atoms with van der Waals surface area (Å²) in [6, 6.07) is 65.6. The van der Waals surface area contributed by atoms with Gasteiger partial charge in [0.25, 0.3) is 0 Å². The number of fused-ring (bicyclic) bond motifs is 9. The highest BCUT2D eigenvalue weighted by Gasteiger charge is 2.22. The predicted molar refractivity (Wildman–Crippen MR) is 252 cm³/mol. The summed E-state index contributed by atoms with van der Waals surface area (Å²) in [6.07, 6.45) is 0. The lowest BCUT2D eigenvalue weighted by molar-refractivity contribution is 0.591. The van der Waals surface area contributed by atoms with Crippen LogP contribution in [0.3, 0.4) is 0 Å². The van der Waals surface area contributed by atoms with Crippen LogP contribution < -0.4 is 0 Å². The molecule has 286 valence electrons. The van der Waals surface area contributed by atoms with Crippen molar-refractivity contribution in [1.29, 1.82) is 0 Å². The van der Waals surface area contributed by atoms with E-state index in [-0.39, 0.29) is 10.8 Å². The minimum absolute atomic E-state index is 0.0271. The Hall–Kier alpha value is -6.84. The Balaban J connectivity index is 1.17. The van der Waals surface area contributed by atoms with Gasteiger partial charge in [-0.15, -0.1) is 0 Å². The molecule has 0 aliphatic rings. The van der Waals surface area contributed by atoms with Crippen molar-refractivity contribution in [3.05, 3.63) is 187 Å². The molecule has 0 N–H and O–H groups in total. The molecule has 0 radical (unpaired) electrons. The number of rotatable bonds is 4. The van der Waals surface area contributed by atoms with Crippen LogP contribution in [0.4, 0.5) is 0 Å². The van der Waals surface area contributed by atoms with Crippen LogP contribution in [0.25, 0.3) is 93.6 Å². The minimum Gasteiger partial charge on any atom is -0.309 e. The van der Waals surface area contributed by atoms with Gasteiger partial charge in [-0.2, -0.15) is 0 Å². The summed E-state index contributed by atoms with van der Waals surface area (Å²) in [5.41, 5.74) is 15.9. The van der Waals surface area contributed by atoms with Crippen molar-refractivity contribution in [2.45, 2.75) is 52.4 Å². The van der Waals surface area contributed by atoms with Gasteiger partial charge in [0.2, 0.25) is 0 Å². The summed E-state index contributed by atoms with van der Waals surface area (Å²) in [6.45, 7) is 13.8. The number of nitrogens with zero attached hydrogens (tertiary/aromatic N) is 3. The summed E-state index contributed by atoms with van der Waals surface area (Å²) in [7, 11) is 0. The lowest BCUT2D eigenvalue weighted by Crippen LogP contribution is -2.10. The Morgan fingerprint density at radius 1 is 0.271 bits per heavy atom. The summed E-state index contributed by atoms with van der Waals surface area (Å²) in [4.78, 5) is 0. The first-order valence-corrected chi connectivity index (χ1v) is 20.9. The highest BCUT2D eigenvalue weighted by atomic mass is 15.0. The van der Waals surface area contributed by atoms with Gasteiger partial charge in [0.1, 0.15) is 0 Å². The summed E-state index contributed by atoms with van der Waals surface area (Å²) >= 11 is 0. The molecule has 11 aromatic rings. The molecule has 0 fully saturated rings. The summed E-state index contributed by atoms with van der Waals surface area (Å²) in [5, 5.41) is 7.60. The Morgan fingerprint density at radius 3 is 1.31 bits per heavy atom. The molecule has 0 aliphatic carbocycles. The van der Waals surface area contributed by atoms with Crippen LogP contribution in [0.1, 0.15) is 52.7 Å². The van der Waals surface area contributed by atoms with E-state index in [0.29, 0.717) is 0 Å². The first-order chi connectivity index (χ1) is 28.5. The van der Waals surface area contributed by atoms with Crippen LogP contribution in [0.15, 0.2) is 176 Å². The predicted octanol–water partition coefficient (Wildman–Crippen LogP) is 15.2. The van der Waals surface area contributed by atoms with Crippen LogP contribution in [0.2, 0.25) is 0 Å². The molecule has 0 aliphatic heterocycles. The topological polar surface area (TPSA) is 14.8 Å². The van der Waals surface area contributed by atoms with Crippen molar-refractivity contribution in [1.82, 2.24) is 13.7 Å². The normalized spacial score (nSPS) is 12.6. The van der Waals surface area contributed by atoms with E-state index in [9.17, 15) is 0 Å². The van der Waals surface area contributed by atoms with Crippen LogP contribution in [-0.4, -0.2) is 13.7 Å². The lowest BCUT2D eigenvalue weighted by Gasteiger charge is -2.19. The second kappa shape index (κ2) is 12.8. The molecule has 3 heteroatoms. The molecule has 3 heterocycles. The zero-order chi connectivity index (χ0) is 40.2. The van der Waals surface area contributed by atoms with Gasteiger partial charge in [-0.05, 0) is 118 Å². The third kappa shape index (κ3) is 5.56. The Morgan fingerprint density at radius 2 is 0.678 bits per heavy atom. The molecule has 0 unspecified atom stereocenters. The molecule has 11 rings (SSSR count). The monoisotopic (exact) mass is 761 g/mol. The number of aromatic nitrogens is 3. The van der Waals surface area contributed by atoms with Gasteiger partial charge in [-0.25, -0.2) is 0 Å². The minimum atomic E-state index is 0.0271. The van der Waals surface area contributed by atoms with Crippen molar-refractivity contribution in [3.63, 3.8) is 0 Å². The zero-order valence-electron chi connectivity index (χ0n) is 34.6. The fourth-order valence-electron chi connectivity index (χ4n) is 9.42. The fraction of sp³-hybridized carbons (Fsp3) is 0.143. The highest BCUT2D eigenvalue weighted by Crippen LogP contribution is 2.41. The van der Waals surface area contributed by atoms with Crippen LogP contribution in [0.5, 0.6) is 0 Å². The van der Waals surface area contributed by atoms with Crippen molar-refractivity contribution < 1.29 is 0 Å². The molecule has 0 spiro atoms. The molecule has 8 aromatic carbocycles. The molecule has 3 nitrogen and oxygen atoms in total. The van der Waals surface area contributed by atoms with Crippen LogP contribution in [-0.2, 0) is 10.8 Å². The summed E-state index contributed by atoms with van der Waals surface area (Å²) < 4.78 is 7.32. The van der Waals surface area contributed by atoms with E-state index in [1.165, 1.54) is 93.4 Å². The zero-order valence-corrected chi connectivity index (χ0v) is 34.6. The van der Waals surface area contributed by atoms with Crippen molar-refractivity contribution in [3.8, 4) is 28.2 Å². The lowest BCUT2D eigenvalue weighted by atomic mass is 9.86. The van der Waals surface area contributed by atoms with E-state index in [2.05, 4.69) is 231 Å².